The third-order valence-corrected chi connectivity index (χ3v) is 8.12. The molecule has 0 atom stereocenters. The highest BCUT2D eigenvalue weighted by Crippen LogP contribution is 2.40. The summed E-state index contributed by atoms with van der Waals surface area (Å²) in [6.07, 6.45) is 0. The number of aryl methyl sites for hydroxylation is 2. The van der Waals surface area contributed by atoms with E-state index >= 15 is 0 Å². The lowest BCUT2D eigenvalue weighted by molar-refractivity contribution is -0.113. The van der Waals surface area contributed by atoms with Crippen LogP contribution >= 0.6 is 34.4 Å². The van der Waals surface area contributed by atoms with Gasteiger partial charge in [-0.3, -0.25) is 9.36 Å². The summed E-state index contributed by atoms with van der Waals surface area (Å²) in [5, 5.41) is 14.9. The smallest absolute Gasteiger partial charge is 0.341 e. The Hall–Kier alpha value is -2.95. The number of carbonyl (C=O) groups is 2. The zero-order chi connectivity index (χ0) is 25.1. The SMILES string of the molecule is COC(=O)c1c(NC(=O)CSc2nnc(-c3csc(C)c3)n2C(C)C)sc(C)c1-c1ccccc1. The lowest BCUT2D eigenvalue weighted by Gasteiger charge is -2.13. The molecule has 7 nitrogen and oxygen atoms in total. The van der Waals surface area contributed by atoms with Crippen LogP contribution < -0.4 is 5.32 Å². The van der Waals surface area contributed by atoms with Crippen LogP contribution in [0.2, 0.25) is 0 Å². The maximum absolute atomic E-state index is 12.9. The van der Waals surface area contributed by atoms with E-state index in [4.69, 9.17) is 4.74 Å². The first-order chi connectivity index (χ1) is 16.8. The van der Waals surface area contributed by atoms with Crippen LogP contribution in [0.1, 0.15) is 40.0 Å². The first-order valence-electron chi connectivity index (χ1n) is 11.0. The van der Waals surface area contributed by atoms with E-state index in [9.17, 15) is 9.59 Å². The predicted molar refractivity (Wildman–Crippen MR) is 144 cm³/mol. The van der Waals surface area contributed by atoms with E-state index in [1.807, 2.05) is 41.8 Å². The normalized spacial score (nSPS) is 11.1. The molecule has 0 fully saturated rings. The van der Waals surface area contributed by atoms with E-state index in [0.29, 0.717) is 15.7 Å². The number of ether oxygens (including phenoxy) is 1. The Kier molecular flexibility index (Phi) is 7.73. The van der Waals surface area contributed by atoms with Crippen LogP contribution in [0, 0.1) is 13.8 Å². The summed E-state index contributed by atoms with van der Waals surface area (Å²) < 4.78 is 7.09. The van der Waals surface area contributed by atoms with Crippen LogP contribution in [0.3, 0.4) is 0 Å². The number of methoxy groups -OCH3 is 1. The summed E-state index contributed by atoms with van der Waals surface area (Å²) in [6, 6.07) is 11.8. The largest absolute Gasteiger partial charge is 0.465 e. The fourth-order valence-electron chi connectivity index (χ4n) is 3.77. The van der Waals surface area contributed by atoms with Gasteiger partial charge >= 0.3 is 5.97 Å². The summed E-state index contributed by atoms with van der Waals surface area (Å²) in [6.45, 7) is 8.13. The van der Waals surface area contributed by atoms with Crippen LogP contribution in [0.25, 0.3) is 22.5 Å². The Balaban J connectivity index is 1.55. The van der Waals surface area contributed by atoms with Crippen LogP contribution in [-0.2, 0) is 9.53 Å². The minimum absolute atomic E-state index is 0.130. The van der Waals surface area contributed by atoms with Gasteiger partial charge < -0.3 is 10.1 Å². The molecule has 1 aromatic carbocycles. The van der Waals surface area contributed by atoms with Gasteiger partial charge in [0.25, 0.3) is 0 Å². The Labute approximate surface area is 216 Å². The highest BCUT2D eigenvalue weighted by molar-refractivity contribution is 7.99. The third kappa shape index (κ3) is 5.34. The Morgan fingerprint density at radius 3 is 2.51 bits per heavy atom. The first kappa shape index (κ1) is 25.2. The average Bonchev–Trinajstić information content (AvgIpc) is 3.54. The van der Waals surface area contributed by atoms with E-state index in [-0.39, 0.29) is 17.7 Å². The van der Waals surface area contributed by atoms with Gasteiger partial charge in [0.15, 0.2) is 11.0 Å². The number of benzene rings is 1. The van der Waals surface area contributed by atoms with Gasteiger partial charge in [0.05, 0.1) is 12.9 Å². The second kappa shape index (κ2) is 10.8. The van der Waals surface area contributed by atoms with Gasteiger partial charge in [-0.05, 0) is 39.3 Å². The third-order valence-electron chi connectivity index (χ3n) is 5.29. The number of anilines is 1. The zero-order valence-electron chi connectivity index (χ0n) is 20.1. The molecule has 35 heavy (non-hydrogen) atoms. The van der Waals surface area contributed by atoms with Gasteiger partial charge in [-0.1, -0.05) is 42.1 Å². The summed E-state index contributed by atoms with van der Waals surface area (Å²) >= 11 is 4.36. The highest BCUT2D eigenvalue weighted by atomic mass is 32.2. The van der Waals surface area contributed by atoms with Crippen LogP contribution in [0.4, 0.5) is 5.00 Å². The summed E-state index contributed by atoms with van der Waals surface area (Å²) in [5.74, 6) is 0.214. The Bertz CT molecular complexity index is 1360. The van der Waals surface area contributed by atoms with Crippen molar-refractivity contribution in [3.8, 4) is 22.5 Å². The minimum Gasteiger partial charge on any atom is -0.465 e. The second-order valence-electron chi connectivity index (χ2n) is 8.15. The van der Waals surface area contributed by atoms with Gasteiger partial charge in [-0.2, -0.15) is 0 Å². The number of rotatable bonds is 8. The number of nitrogens with zero attached hydrogens (tertiary/aromatic N) is 3. The van der Waals surface area contributed by atoms with Crippen molar-refractivity contribution in [2.75, 3.05) is 18.2 Å². The maximum Gasteiger partial charge on any atom is 0.341 e. The van der Waals surface area contributed by atoms with Gasteiger partial charge in [-0.25, -0.2) is 4.79 Å². The van der Waals surface area contributed by atoms with Crippen molar-refractivity contribution < 1.29 is 14.3 Å². The fourth-order valence-corrected chi connectivity index (χ4v) is 6.40. The molecule has 4 aromatic rings. The van der Waals surface area contributed by atoms with Crippen molar-refractivity contribution in [1.29, 1.82) is 0 Å². The van der Waals surface area contributed by atoms with Crippen LogP contribution in [0.5, 0.6) is 0 Å². The highest BCUT2D eigenvalue weighted by Gasteiger charge is 2.25. The molecule has 0 bridgehead atoms. The second-order valence-corrected chi connectivity index (χ2v) is 11.4. The molecule has 0 saturated carbocycles. The van der Waals surface area contributed by atoms with E-state index in [0.717, 1.165) is 27.4 Å². The molecule has 3 heterocycles. The molecule has 3 aromatic heterocycles. The van der Waals surface area contributed by atoms with Crippen molar-refractivity contribution in [2.45, 2.75) is 38.9 Å². The van der Waals surface area contributed by atoms with Gasteiger partial charge in [0, 0.05) is 32.3 Å². The number of hydrogen-bond donors (Lipinski definition) is 1. The van der Waals surface area contributed by atoms with Gasteiger partial charge in [-0.15, -0.1) is 32.9 Å². The minimum atomic E-state index is -0.480. The Morgan fingerprint density at radius 2 is 1.89 bits per heavy atom. The number of thioether (sulfide) groups is 1. The summed E-state index contributed by atoms with van der Waals surface area (Å²) in [4.78, 5) is 27.7. The lowest BCUT2D eigenvalue weighted by Crippen LogP contribution is -2.16. The monoisotopic (exact) mass is 526 g/mol. The zero-order valence-corrected chi connectivity index (χ0v) is 22.6. The molecular weight excluding hydrogens is 501 g/mol. The molecule has 0 aliphatic carbocycles. The molecule has 0 saturated heterocycles. The molecule has 0 spiro atoms. The molecule has 0 unspecified atom stereocenters. The molecule has 0 radical (unpaired) electrons. The molecule has 1 amide bonds. The number of thiophene rings is 2. The number of hydrogen-bond acceptors (Lipinski definition) is 8. The van der Waals surface area contributed by atoms with Gasteiger partial charge in [0.1, 0.15) is 10.6 Å². The van der Waals surface area contributed by atoms with E-state index in [2.05, 4.69) is 47.7 Å². The Morgan fingerprint density at radius 1 is 1.14 bits per heavy atom. The maximum atomic E-state index is 12.9. The van der Waals surface area contributed by atoms with Crippen molar-refractivity contribution >= 4 is 51.3 Å². The van der Waals surface area contributed by atoms with Crippen molar-refractivity contribution in [3.63, 3.8) is 0 Å². The topological polar surface area (TPSA) is 86.1 Å². The van der Waals surface area contributed by atoms with E-state index in [1.165, 1.54) is 35.1 Å². The molecule has 0 aliphatic heterocycles. The number of carbonyl (C=O) groups excluding carboxylic acids is 2. The predicted octanol–water partition coefficient (Wildman–Crippen LogP) is 6.45. The number of nitrogens with one attached hydrogen (secondary N) is 1. The average molecular weight is 527 g/mol. The molecule has 182 valence electrons. The molecule has 1 N–H and O–H groups in total. The van der Waals surface area contributed by atoms with Crippen molar-refractivity contribution in [1.82, 2.24) is 14.8 Å². The lowest BCUT2D eigenvalue weighted by atomic mass is 10.0. The standard InChI is InChI=1S/C25H26N4O3S3/c1-14(2)29-22(18-11-15(3)33-12-18)27-28-25(29)34-13-19(30)26-23-21(24(31)32-5)20(16(4)35-23)17-9-7-6-8-10-17/h6-12,14H,13H2,1-5H3,(H,26,30). The van der Waals surface area contributed by atoms with Crippen LogP contribution in [-0.4, -0.2) is 39.5 Å². The summed E-state index contributed by atoms with van der Waals surface area (Å²) in [7, 11) is 1.34. The first-order valence-corrected chi connectivity index (χ1v) is 13.7. The molecule has 0 aliphatic rings. The van der Waals surface area contributed by atoms with E-state index < -0.39 is 5.97 Å². The van der Waals surface area contributed by atoms with E-state index in [1.54, 1.807) is 11.3 Å². The molecule has 4 rings (SSSR count). The van der Waals surface area contributed by atoms with Crippen molar-refractivity contribution in [2.24, 2.45) is 0 Å². The number of aromatic nitrogens is 3. The molecular formula is C25H26N4O3S3. The molecule has 10 heteroatoms. The van der Waals surface area contributed by atoms with Crippen molar-refractivity contribution in [3.05, 3.63) is 57.1 Å². The number of amides is 1. The fraction of sp³-hybridized carbons (Fsp3) is 0.280. The quantitative estimate of drug-likeness (QED) is 0.210. The van der Waals surface area contributed by atoms with Gasteiger partial charge in [0.2, 0.25) is 5.91 Å². The van der Waals surface area contributed by atoms with Crippen LogP contribution in [0.15, 0.2) is 46.9 Å². The summed E-state index contributed by atoms with van der Waals surface area (Å²) in [5.41, 5.74) is 3.08. The number of esters is 1.